The maximum atomic E-state index is 9.37. The Labute approximate surface area is 206 Å². The lowest BCUT2D eigenvalue weighted by atomic mass is 9.98. The first-order chi connectivity index (χ1) is 16.3. The quantitative estimate of drug-likeness (QED) is 0.331. The summed E-state index contributed by atoms with van der Waals surface area (Å²) in [6.45, 7) is 6.69. The molecule has 1 heterocycles. The second-order valence-corrected chi connectivity index (χ2v) is 9.67. The maximum absolute atomic E-state index is 9.37. The molecule has 0 spiro atoms. The lowest BCUT2D eigenvalue weighted by Gasteiger charge is -2.21. The topological polar surface area (TPSA) is 50.5 Å². The Morgan fingerprint density at radius 3 is 2.35 bits per heavy atom. The molecule has 5 nitrogen and oxygen atoms in total. The highest BCUT2D eigenvalue weighted by Gasteiger charge is 2.24. The van der Waals surface area contributed by atoms with Gasteiger partial charge < -0.3 is 14.7 Å². The van der Waals surface area contributed by atoms with Gasteiger partial charge in [-0.3, -0.25) is 0 Å². The Hall–Kier alpha value is -2.96. The average Bonchev–Trinajstić information content (AvgIpc) is 3.15. The minimum absolute atomic E-state index is 0.0187. The Kier molecular flexibility index (Phi) is 7.19. The predicted octanol–water partition coefficient (Wildman–Crippen LogP) is 5.70. The molecule has 0 fully saturated rings. The van der Waals surface area contributed by atoms with E-state index in [1.54, 1.807) is 11.8 Å². The third-order valence-electron chi connectivity index (χ3n) is 6.08. The normalized spacial score (nSPS) is 11.3. The van der Waals surface area contributed by atoms with E-state index >= 15 is 0 Å². The van der Waals surface area contributed by atoms with Gasteiger partial charge in [-0.15, -0.1) is 11.8 Å². The van der Waals surface area contributed by atoms with Crippen molar-refractivity contribution in [2.75, 3.05) is 38.5 Å². The number of benzene rings is 3. The van der Waals surface area contributed by atoms with Crippen LogP contribution in [0.1, 0.15) is 27.8 Å². The van der Waals surface area contributed by atoms with Crippen LogP contribution >= 0.6 is 11.8 Å². The first-order valence-corrected chi connectivity index (χ1v) is 12.7. The highest BCUT2D eigenvalue weighted by atomic mass is 32.2. The molecule has 0 atom stereocenters. The van der Waals surface area contributed by atoms with Gasteiger partial charge in [0.15, 0.2) is 0 Å². The van der Waals surface area contributed by atoms with Gasteiger partial charge in [-0.05, 0) is 55.0 Å². The number of nitrogens with zero attached hydrogens (tertiary/aromatic N) is 3. The Morgan fingerprint density at radius 2 is 1.71 bits per heavy atom. The van der Waals surface area contributed by atoms with Crippen molar-refractivity contribution >= 4 is 28.4 Å². The fourth-order valence-corrected chi connectivity index (χ4v) is 5.40. The van der Waals surface area contributed by atoms with Crippen LogP contribution in [0.4, 0.5) is 5.82 Å². The van der Waals surface area contributed by atoms with Gasteiger partial charge in [0.2, 0.25) is 0 Å². The molecule has 0 bridgehead atoms. The van der Waals surface area contributed by atoms with Crippen molar-refractivity contribution in [1.82, 2.24) is 9.78 Å². The van der Waals surface area contributed by atoms with Crippen molar-refractivity contribution in [1.29, 1.82) is 0 Å². The molecule has 0 aliphatic carbocycles. The minimum atomic E-state index is -0.0187. The largest absolute Gasteiger partial charge is 0.491 e. The second-order valence-electron chi connectivity index (χ2n) is 8.88. The summed E-state index contributed by atoms with van der Waals surface area (Å²) in [5.74, 6) is 1.88. The van der Waals surface area contributed by atoms with Crippen LogP contribution in [0.2, 0.25) is 0 Å². The molecule has 0 radical (unpaired) electrons. The molecule has 1 aromatic heterocycles. The van der Waals surface area contributed by atoms with Crippen LogP contribution in [-0.4, -0.2) is 48.5 Å². The number of thioether (sulfide) groups is 1. The number of aromatic nitrogens is 2. The average molecular weight is 476 g/mol. The maximum Gasteiger partial charge on any atom is 0.136 e. The van der Waals surface area contributed by atoms with E-state index in [1.165, 1.54) is 27.6 Å². The van der Waals surface area contributed by atoms with Crippen LogP contribution < -0.4 is 9.64 Å². The third-order valence-corrected chi connectivity index (χ3v) is 6.80. The monoisotopic (exact) mass is 475 g/mol. The van der Waals surface area contributed by atoms with E-state index in [0.29, 0.717) is 6.42 Å². The summed E-state index contributed by atoms with van der Waals surface area (Å²) in [6.07, 6.45) is 2.76. The molecule has 1 N–H and O–H groups in total. The fourth-order valence-electron chi connectivity index (χ4n) is 4.83. The molecule has 0 saturated heterocycles. The lowest BCUT2D eigenvalue weighted by Crippen LogP contribution is -2.17. The second kappa shape index (κ2) is 10.1. The van der Waals surface area contributed by atoms with Crippen molar-refractivity contribution in [3.63, 3.8) is 0 Å². The molecule has 178 valence electrons. The highest BCUT2D eigenvalue weighted by molar-refractivity contribution is 7.98. The molecular weight excluding hydrogens is 442 g/mol. The summed E-state index contributed by atoms with van der Waals surface area (Å²) < 4.78 is 8.09. The summed E-state index contributed by atoms with van der Waals surface area (Å²) in [5.41, 5.74) is 7.08. The Bertz CT molecular complexity index is 1300. The van der Waals surface area contributed by atoms with Gasteiger partial charge in [0, 0.05) is 31.6 Å². The zero-order valence-electron chi connectivity index (χ0n) is 20.8. The van der Waals surface area contributed by atoms with Gasteiger partial charge >= 0.3 is 0 Å². The van der Waals surface area contributed by atoms with Gasteiger partial charge in [-0.25, -0.2) is 4.68 Å². The number of aryl methyl sites for hydroxylation is 3. The number of hydrogen-bond acceptors (Lipinski definition) is 5. The van der Waals surface area contributed by atoms with Gasteiger partial charge in [-0.1, -0.05) is 48.0 Å². The summed E-state index contributed by atoms with van der Waals surface area (Å²) in [4.78, 5) is 2.15. The summed E-state index contributed by atoms with van der Waals surface area (Å²) >= 11 is 1.67. The number of anilines is 1. The van der Waals surface area contributed by atoms with Gasteiger partial charge in [0.1, 0.15) is 23.2 Å². The number of aliphatic hydroxyl groups excluding tert-OH is 1. The van der Waals surface area contributed by atoms with E-state index in [4.69, 9.17) is 9.84 Å². The first kappa shape index (κ1) is 24.2. The molecule has 6 heteroatoms. The molecule has 0 aliphatic rings. The van der Waals surface area contributed by atoms with Crippen LogP contribution in [0, 0.1) is 20.8 Å². The molecule has 34 heavy (non-hydrogen) atoms. The van der Waals surface area contributed by atoms with Crippen molar-refractivity contribution in [3.8, 4) is 11.4 Å². The van der Waals surface area contributed by atoms with Crippen molar-refractivity contribution in [2.45, 2.75) is 32.2 Å². The van der Waals surface area contributed by atoms with Crippen LogP contribution in [0.15, 0.2) is 53.6 Å². The lowest BCUT2D eigenvalue weighted by molar-refractivity contribution is 0.200. The molecule has 4 rings (SSSR count). The van der Waals surface area contributed by atoms with Crippen LogP contribution in [0.3, 0.4) is 0 Å². The molecule has 4 aromatic rings. The van der Waals surface area contributed by atoms with E-state index in [0.717, 1.165) is 33.2 Å². The summed E-state index contributed by atoms with van der Waals surface area (Å²) in [5, 5.41) is 17.8. The van der Waals surface area contributed by atoms with E-state index in [9.17, 15) is 5.11 Å². The smallest absolute Gasteiger partial charge is 0.136 e. The number of aliphatic hydroxyl groups is 1. The van der Waals surface area contributed by atoms with Gasteiger partial charge in [0.25, 0.3) is 0 Å². The van der Waals surface area contributed by atoms with Crippen molar-refractivity contribution in [3.05, 3.63) is 76.3 Å². The third kappa shape index (κ3) is 4.52. The molecule has 0 amide bonds. The van der Waals surface area contributed by atoms with E-state index in [-0.39, 0.29) is 13.2 Å². The molecular formula is C28H33N3O2S. The zero-order chi connectivity index (χ0) is 24.4. The van der Waals surface area contributed by atoms with Gasteiger partial charge in [0.05, 0.1) is 12.3 Å². The van der Waals surface area contributed by atoms with Crippen LogP contribution in [-0.2, 0) is 6.42 Å². The number of ether oxygens (including phenoxy) is 1. The molecule has 0 saturated carbocycles. The van der Waals surface area contributed by atoms with E-state index in [2.05, 4.69) is 93.2 Å². The highest BCUT2D eigenvalue weighted by Crippen LogP contribution is 2.38. The number of rotatable bonds is 8. The number of hydrogen-bond donors (Lipinski definition) is 1. The van der Waals surface area contributed by atoms with Gasteiger partial charge in [-0.2, -0.15) is 5.10 Å². The Balaban J connectivity index is 1.94. The van der Waals surface area contributed by atoms with Crippen molar-refractivity contribution in [2.24, 2.45) is 0 Å². The van der Waals surface area contributed by atoms with Crippen LogP contribution in [0.25, 0.3) is 16.5 Å². The van der Waals surface area contributed by atoms with Crippen molar-refractivity contribution < 1.29 is 9.84 Å². The standard InChI is InChI=1S/C28H33N3O2S/c1-18-15-19(2)26(20(3)16-18)31-28(30(4)5)24(27(29-31)34-6)17-23-22-10-8-7-9-21(22)11-12-25(23)33-14-13-32/h7-12,15-16,32H,13-14,17H2,1-6H3. The Morgan fingerprint density at radius 1 is 1.00 bits per heavy atom. The zero-order valence-corrected chi connectivity index (χ0v) is 21.7. The summed E-state index contributed by atoms with van der Waals surface area (Å²) in [7, 11) is 4.15. The first-order valence-electron chi connectivity index (χ1n) is 11.5. The minimum Gasteiger partial charge on any atom is -0.491 e. The summed E-state index contributed by atoms with van der Waals surface area (Å²) in [6, 6.07) is 16.9. The molecule has 0 unspecified atom stereocenters. The molecule has 3 aromatic carbocycles. The fraction of sp³-hybridized carbons (Fsp3) is 0.321. The van der Waals surface area contributed by atoms with Crippen LogP contribution in [0.5, 0.6) is 5.75 Å². The molecule has 0 aliphatic heterocycles. The van der Waals surface area contributed by atoms with E-state index in [1.807, 2.05) is 6.07 Å². The van der Waals surface area contributed by atoms with E-state index < -0.39 is 0 Å². The predicted molar refractivity (Wildman–Crippen MR) is 143 cm³/mol. The SMILES string of the molecule is CSc1nn(-c2c(C)cc(C)cc2C)c(N(C)C)c1Cc1c(OCCO)ccc2ccccc12. The number of fused-ring (bicyclic) bond motifs is 1.